The summed E-state index contributed by atoms with van der Waals surface area (Å²) in [5, 5.41) is 0.145. The molecule has 0 fully saturated rings. The zero-order valence-corrected chi connectivity index (χ0v) is 8.10. The minimum atomic E-state index is -1.70. The van der Waals surface area contributed by atoms with Crippen LogP contribution in [0, 0.1) is 0 Å². The van der Waals surface area contributed by atoms with Gasteiger partial charge < -0.3 is 0 Å². The van der Waals surface area contributed by atoms with E-state index in [0.29, 0.717) is 0 Å². The zero-order chi connectivity index (χ0) is 8.65. The monoisotopic (exact) mass is 230 g/mol. The molecular weight excluding hydrogens is 230 g/mol. The molecule has 11 heavy (non-hydrogen) atoms. The third-order valence-electron chi connectivity index (χ3n) is 1.18. The van der Waals surface area contributed by atoms with E-state index in [1.807, 2.05) is 0 Å². The lowest BCUT2D eigenvalue weighted by Gasteiger charge is -2.18. The zero-order valence-electron chi connectivity index (χ0n) is 5.07. The first-order valence-electron chi connectivity index (χ1n) is 2.62. The lowest BCUT2D eigenvalue weighted by Crippen LogP contribution is -2.27. The van der Waals surface area contributed by atoms with Crippen LogP contribution >= 0.6 is 46.4 Å². The summed E-state index contributed by atoms with van der Waals surface area (Å²) in [7, 11) is 0. The first kappa shape index (κ1) is 9.40. The molecule has 0 aromatic rings. The van der Waals surface area contributed by atoms with Crippen LogP contribution in [0.3, 0.4) is 0 Å². The molecule has 60 valence electrons. The molecule has 1 aliphatic rings. The van der Waals surface area contributed by atoms with E-state index < -0.39 is 10.1 Å². The molecular formula is C6H2Cl4O. The Kier molecular flexibility index (Phi) is 2.55. The highest BCUT2D eigenvalue weighted by Gasteiger charge is 2.39. The van der Waals surface area contributed by atoms with Crippen molar-refractivity contribution in [2.24, 2.45) is 0 Å². The predicted octanol–water partition coefficient (Wildman–Crippen LogP) is 2.99. The van der Waals surface area contributed by atoms with Crippen LogP contribution in [0.2, 0.25) is 0 Å². The Hall–Kier alpha value is 0.310. The molecule has 0 N–H and O–H groups in total. The van der Waals surface area contributed by atoms with Crippen molar-refractivity contribution < 1.29 is 4.79 Å². The molecule has 1 nitrogen and oxygen atoms in total. The van der Waals surface area contributed by atoms with Gasteiger partial charge in [0.05, 0.1) is 10.1 Å². The molecule has 1 rings (SSSR count). The SMILES string of the molecule is O=C1C=CC(Cl)=C(Cl)C1(Cl)Cl. The maximum absolute atomic E-state index is 10.9. The van der Waals surface area contributed by atoms with Crippen LogP contribution in [0.5, 0.6) is 0 Å². The van der Waals surface area contributed by atoms with Crippen LogP contribution in [0.1, 0.15) is 0 Å². The van der Waals surface area contributed by atoms with E-state index in [2.05, 4.69) is 0 Å². The van der Waals surface area contributed by atoms with E-state index in [9.17, 15) is 4.79 Å². The van der Waals surface area contributed by atoms with Gasteiger partial charge in [0, 0.05) is 0 Å². The Labute approximate surface area is 83.6 Å². The smallest absolute Gasteiger partial charge is 0.216 e. The molecule has 0 amide bonds. The maximum atomic E-state index is 10.9. The number of hydrogen-bond acceptors (Lipinski definition) is 1. The Morgan fingerprint density at radius 2 is 1.73 bits per heavy atom. The highest BCUT2D eigenvalue weighted by atomic mass is 35.5. The summed E-state index contributed by atoms with van der Waals surface area (Å²) in [6.07, 6.45) is 2.55. The van der Waals surface area contributed by atoms with E-state index in [1.165, 1.54) is 12.2 Å². The highest BCUT2D eigenvalue weighted by Crippen LogP contribution is 2.40. The van der Waals surface area contributed by atoms with Gasteiger partial charge in [0.1, 0.15) is 0 Å². The third-order valence-corrected chi connectivity index (χ3v) is 3.02. The van der Waals surface area contributed by atoms with Gasteiger partial charge >= 0.3 is 0 Å². The minimum Gasteiger partial charge on any atom is -0.291 e. The minimum absolute atomic E-state index is 0.0463. The van der Waals surface area contributed by atoms with Gasteiger partial charge in [0.15, 0.2) is 5.78 Å². The molecule has 0 saturated carbocycles. The number of carbonyl (C=O) groups excluding carboxylic acids is 1. The van der Waals surface area contributed by atoms with Gasteiger partial charge in [-0.25, -0.2) is 0 Å². The van der Waals surface area contributed by atoms with E-state index in [0.717, 1.165) is 0 Å². The van der Waals surface area contributed by atoms with Crippen LogP contribution in [-0.2, 0) is 4.79 Å². The standard InChI is InChI=1S/C6H2Cl4O/c7-3-1-2-4(11)6(9,10)5(3)8/h1-2H. The molecule has 0 aromatic heterocycles. The van der Waals surface area contributed by atoms with Crippen molar-refractivity contribution in [3.63, 3.8) is 0 Å². The van der Waals surface area contributed by atoms with Crippen LogP contribution < -0.4 is 0 Å². The summed E-state index contributed by atoms with van der Waals surface area (Å²) in [5.74, 6) is -0.477. The number of alkyl halides is 2. The van der Waals surface area contributed by atoms with Crippen molar-refractivity contribution in [3.8, 4) is 0 Å². The quantitative estimate of drug-likeness (QED) is 0.586. The number of halogens is 4. The summed E-state index contributed by atoms with van der Waals surface area (Å²) >= 11 is 22.2. The fourth-order valence-electron chi connectivity index (χ4n) is 0.585. The summed E-state index contributed by atoms with van der Waals surface area (Å²) in [6.45, 7) is 0. The average Bonchev–Trinajstić information content (AvgIpc) is 1.95. The normalized spacial score (nSPS) is 22.7. The molecule has 0 spiro atoms. The Morgan fingerprint density at radius 3 is 2.18 bits per heavy atom. The van der Waals surface area contributed by atoms with Crippen molar-refractivity contribution in [1.82, 2.24) is 0 Å². The fourth-order valence-corrected chi connectivity index (χ4v) is 1.37. The third kappa shape index (κ3) is 1.57. The van der Waals surface area contributed by atoms with Gasteiger partial charge in [0.25, 0.3) is 0 Å². The number of allylic oxidation sites excluding steroid dienone is 4. The summed E-state index contributed by atoms with van der Waals surface area (Å²) in [4.78, 5) is 10.9. The van der Waals surface area contributed by atoms with Gasteiger partial charge in [-0.3, -0.25) is 4.79 Å². The van der Waals surface area contributed by atoms with E-state index >= 15 is 0 Å². The number of ketones is 1. The topological polar surface area (TPSA) is 17.1 Å². The Morgan fingerprint density at radius 1 is 1.18 bits per heavy atom. The van der Waals surface area contributed by atoms with Crippen molar-refractivity contribution >= 4 is 52.2 Å². The molecule has 0 radical (unpaired) electrons. The summed E-state index contributed by atoms with van der Waals surface area (Å²) in [6, 6.07) is 0. The lowest BCUT2D eigenvalue weighted by atomic mass is 10.1. The maximum Gasteiger partial charge on any atom is 0.216 e. The highest BCUT2D eigenvalue weighted by molar-refractivity contribution is 6.67. The van der Waals surface area contributed by atoms with E-state index in [-0.39, 0.29) is 10.1 Å². The molecule has 0 saturated heterocycles. The second-order valence-electron chi connectivity index (χ2n) is 1.93. The summed E-state index contributed by atoms with van der Waals surface area (Å²) < 4.78 is -1.70. The average molecular weight is 232 g/mol. The Balaban J connectivity index is 3.17. The summed E-state index contributed by atoms with van der Waals surface area (Å²) in [5.41, 5.74) is 0. The van der Waals surface area contributed by atoms with Crippen LogP contribution in [0.25, 0.3) is 0 Å². The lowest BCUT2D eigenvalue weighted by molar-refractivity contribution is -0.114. The van der Waals surface area contributed by atoms with E-state index in [4.69, 9.17) is 46.4 Å². The molecule has 0 heterocycles. The van der Waals surface area contributed by atoms with Gasteiger partial charge in [-0.1, -0.05) is 46.4 Å². The first-order chi connectivity index (χ1) is 4.96. The largest absolute Gasteiger partial charge is 0.291 e. The number of hydrogen-bond donors (Lipinski definition) is 0. The molecule has 0 aliphatic heterocycles. The van der Waals surface area contributed by atoms with Crippen LogP contribution in [0.4, 0.5) is 0 Å². The second kappa shape index (κ2) is 2.98. The van der Waals surface area contributed by atoms with Crippen molar-refractivity contribution in [3.05, 3.63) is 22.2 Å². The van der Waals surface area contributed by atoms with E-state index in [1.54, 1.807) is 0 Å². The first-order valence-corrected chi connectivity index (χ1v) is 4.13. The van der Waals surface area contributed by atoms with Gasteiger partial charge in [0.2, 0.25) is 4.33 Å². The molecule has 0 unspecified atom stereocenters. The predicted molar refractivity (Wildman–Crippen MR) is 47.3 cm³/mol. The van der Waals surface area contributed by atoms with Crippen molar-refractivity contribution in [2.45, 2.75) is 4.33 Å². The number of rotatable bonds is 0. The van der Waals surface area contributed by atoms with Crippen molar-refractivity contribution in [2.75, 3.05) is 0 Å². The molecule has 5 heteroatoms. The Bertz CT molecular complexity index is 264. The second-order valence-corrected chi connectivity index (χ2v) is 4.05. The fraction of sp³-hybridized carbons (Fsp3) is 0.167. The molecule has 1 aliphatic carbocycles. The van der Waals surface area contributed by atoms with Gasteiger partial charge in [-0.2, -0.15) is 0 Å². The molecule has 0 aromatic carbocycles. The van der Waals surface area contributed by atoms with Gasteiger partial charge in [-0.05, 0) is 12.2 Å². The van der Waals surface area contributed by atoms with Crippen LogP contribution in [-0.4, -0.2) is 10.1 Å². The van der Waals surface area contributed by atoms with Gasteiger partial charge in [-0.15, -0.1) is 0 Å². The molecule has 0 atom stereocenters. The number of carbonyl (C=O) groups is 1. The van der Waals surface area contributed by atoms with Crippen LogP contribution in [0.15, 0.2) is 22.2 Å². The molecule has 0 bridgehead atoms. The van der Waals surface area contributed by atoms with Crippen molar-refractivity contribution in [1.29, 1.82) is 0 Å².